The zero-order valence-electron chi connectivity index (χ0n) is 15.4. The van der Waals surface area contributed by atoms with Crippen molar-refractivity contribution in [2.24, 2.45) is 0 Å². The number of hydrogen-bond donors (Lipinski definition) is 1. The Morgan fingerprint density at radius 3 is 2.12 bits per heavy atom. The standard InChI is InChI=1S/C24H25N/c1-15(2)16-12-13-22(25)20(14-16)19-10-7-9-18-17-8-5-6-11-21(17)24(3,4)23(18)19/h5-15H,25H2,1-4H3. The van der Waals surface area contributed by atoms with Gasteiger partial charge in [0.2, 0.25) is 0 Å². The highest BCUT2D eigenvalue weighted by molar-refractivity contribution is 5.90. The van der Waals surface area contributed by atoms with Crippen LogP contribution in [0.4, 0.5) is 5.69 Å². The third-order valence-electron chi connectivity index (χ3n) is 5.61. The maximum atomic E-state index is 6.41. The Bertz CT molecular complexity index is 964. The molecule has 1 nitrogen and oxygen atoms in total. The highest BCUT2D eigenvalue weighted by Crippen LogP contribution is 2.52. The van der Waals surface area contributed by atoms with Crippen molar-refractivity contribution in [2.45, 2.75) is 39.0 Å². The average molecular weight is 327 g/mol. The normalized spacial score (nSPS) is 14.4. The van der Waals surface area contributed by atoms with Crippen LogP contribution in [0.2, 0.25) is 0 Å². The molecule has 2 N–H and O–H groups in total. The van der Waals surface area contributed by atoms with Crippen molar-refractivity contribution in [2.75, 3.05) is 5.73 Å². The van der Waals surface area contributed by atoms with E-state index < -0.39 is 0 Å². The molecule has 0 aromatic heterocycles. The molecule has 1 aliphatic rings. The highest BCUT2D eigenvalue weighted by atomic mass is 14.6. The summed E-state index contributed by atoms with van der Waals surface area (Å²) in [5.41, 5.74) is 16.5. The predicted molar refractivity (Wildman–Crippen MR) is 108 cm³/mol. The second-order valence-corrected chi connectivity index (χ2v) is 7.90. The van der Waals surface area contributed by atoms with Gasteiger partial charge >= 0.3 is 0 Å². The molecule has 1 heteroatoms. The van der Waals surface area contributed by atoms with Gasteiger partial charge in [0.15, 0.2) is 0 Å². The van der Waals surface area contributed by atoms with Crippen molar-refractivity contribution < 1.29 is 0 Å². The summed E-state index contributed by atoms with van der Waals surface area (Å²) in [6.07, 6.45) is 0. The molecule has 0 amide bonds. The monoisotopic (exact) mass is 327 g/mol. The van der Waals surface area contributed by atoms with Crippen molar-refractivity contribution in [1.29, 1.82) is 0 Å². The Labute approximate surface area is 150 Å². The van der Waals surface area contributed by atoms with Gasteiger partial charge in [-0.05, 0) is 51.4 Å². The molecule has 0 atom stereocenters. The molecule has 0 unspecified atom stereocenters. The maximum absolute atomic E-state index is 6.41. The van der Waals surface area contributed by atoms with Gasteiger partial charge in [0.05, 0.1) is 0 Å². The van der Waals surface area contributed by atoms with Crippen LogP contribution >= 0.6 is 0 Å². The summed E-state index contributed by atoms with van der Waals surface area (Å²) in [6.45, 7) is 9.10. The summed E-state index contributed by atoms with van der Waals surface area (Å²) in [7, 11) is 0. The van der Waals surface area contributed by atoms with Crippen molar-refractivity contribution in [3.05, 3.63) is 77.4 Å². The third kappa shape index (κ3) is 2.30. The summed E-state index contributed by atoms with van der Waals surface area (Å²) in [5, 5.41) is 0. The molecule has 1 aliphatic carbocycles. The molecule has 0 aliphatic heterocycles. The Balaban J connectivity index is 2.02. The number of fused-ring (bicyclic) bond motifs is 3. The predicted octanol–water partition coefficient (Wildman–Crippen LogP) is 6.37. The average Bonchev–Trinajstić information content (AvgIpc) is 2.84. The lowest BCUT2D eigenvalue weighted by Gasteiger charge is -2.25. The molecule has 25 heavy (non-hydrogen) atoms. The molecule has 3 aromatic carbocycles. The summed E-state index contributed by atoms with van der Waals surface area (Å²) >= 11 is 0. The van der Waals surface area contributed by atoms with Crippen molar-refractivity contribution in [1.82, 2.24) is 0 Å². The third-order valence-corrected chi connectivity index (χ3v) is 5.61. The molecule has 0 heterocycles. The van der Waals surface area contributed by atoms with Gasteiger partial charge in [-0.15, -0.1) is 0 Å². The fourth-order valence-corrected chi connectivity index (χ4v) is 4.24. The lowest BCUT2D eigenvalue weighted by molar-refractivity contribution is 0.662. The van der Waals surface area contributed by atoms with Crippen LogP contribution in [0.15, 0.2) is 60.7 Å². The number of anilines is 1. The smallest absolute Gasteiger partial charge is 0.0394 e. The first-order valence-electron chi connectivity index (χ1n) is 9.04. The molecule has 0 spiro atoms. The van der Waals surface area contributed by atoms with E-state index in [9.17, 15) is 0 Å². The van der Waals surface area contributed by atoms with Crippen LogP contribution in [0.1, 0.15) is 50.3 Å². The summed E-state index contributed by atoms with van der Waals surface area (Å²) in [5.74, 6) is 0.487. The van der Waals surface area contributed by atoms with Crippen LogP contribution in [-0.4, -0.2) is 0 Å². The van der Waals surface area contributed by atoms with E-state index in [1.807, 2.05) is 0 Å². The lowest BCUT2D eigenvalue weighted by Crippen LogP contribution is -2.16. The molecular formula is C24H25N. The highest BCUT2D eigenvalue weighted by Gasteiger charge is 2.37. The molecule has 0 bridgehead atoms. The van der Waals surface area contributed by atoms with Gasteiger partial charge in [0.25, 0.3) is 0 Å². The van der Waals surface area contributed by atoms with Gasteiger partial charge in [-0.2, -0.15) is 0 Å². The minimum atomic E-state index is -0.0250. The van der Waals surface area contributed by atoms with E-state index in [1.54, 1.807) is 0 Å². The van der Waals surface area contributed by atoms with Gasteiger partial charge in [-0.3, -0.25) is 0 Å². The molecule has 126 valence electrons. The van der Waals surface area contributed by atoms with Gasteiger partial charge in [0, 0.05) is 16.7 Å². The van der Waals surface area contributed by atoms with Crippen LogP contribution in [0.25, 0.3) is 22.3 Å². The molecule has 4 rings (SSSR count). The van der Waals surface area contributed by atoms with Crippen molar-refractivity contribution in [3.63, 3.8) is 0 Å². The van der Waals surface area contributed by atoms with Crippen molar-refractivity contribution >= 4 is 5.69 Å². The summed E-state index contributed by atoms with van der Waals surface area (Å²) in [4.78, 5) is 0. The summed E-state index contributed by atoms with van der Waals surface area (Å²) in [6, 6.07) is 21.9. The van der Waals surface area contributed by atoms with Gasteiger partial charge in [0.1, 0.15) is 0 Å². The number of benzene rings is 3. The van der Waals surface area contributed by atoms with E-state index in [-0.39, 0.29) is 5.41 Å². The number of hydrogen-bond acceptors (Lipinski definition) is 1. The first-order chi connectivity index (χ1) is 11.9. The SMILES string of the molecule is CC(C)c1ccc(N)c(-c2cccc3c2C(C)(C)c2ccccc2-3)c1. The molecule has 3 aromatic rings. The van der Waals surface area contributed by atoms with Crippen LogP contribution in [0, 0.1) is 0 Å². The van der Waals surface area contributed by atoms with Crippen molar-refractivity contribution in [3.8, 4) is 22.3 Å². The largest absolute Gasteiger partial charge is 0.398 e. The first-order valence-corrected chi connectivity index (χ1v) is 9.04. The number of nitrogen functional groups attached to an aromatic ring is 1. The van der Waals surface area contributed by atoms with Crippen LogP contribution in [0.3, 0.4) is 0 Å². The fraction of sp³-hybridized carbons (Fsp3) is 0.250. The van der Waals surface area contributed by atoms with Crippen LogP contribution in [-0.2, 0) is 5.41 Å². The Kier molecular flexibility index (Phi) is 3.50. The van der Waals surface area contributed by atoms with E-state index in [0.717, 1.165) is 11.3 Å². The first kappa shape index (κ1) is 16.0. The minimum Gasteiger partial charge on any atom is -0.398 e. The Morgan fingerprint density at radius 1 is 0.760 bits per heavy atom. The lowest BCUT2D eigenvalue weighted by atomic mass is 9.78. The van der Waals surface area contributed by atoms with Crippen LogP contribution < -0.4 is 5.73 Å². The van der Waals surface area contributed by atoms with E-state index >= 15 is 0 Å². The minimum absolute atomic E-state index is 0.0250. The zero-order valence-corrected chi connectivity index (χ0v) is 15.4. The second kappa shape index (κ2) is 5.49. The van der Waals surface area contributed by atoms with Gasteiger partial charge in [-0.1, -0.05) is 76.2 Å². The number of rotatable bonds is 2. The molecular weight excluding hydrogens is 302 g/mol. The quantitative estimate of drug-likeness (QED) is 0.544. The molecule has 0 radical (unpaired) electrons. The maximum Gasteiger partial charge on any atom is 0.0394 e. The topological polar surface area (TPSA) is 26.0 Å². The van der Waals surface area contributed by atoms with Crippen LogP contribution in [0.5, 0.6) is 0 Å². The zero-order chi connectivity index (χ0) is 17.8. The molecule has 0 saturated carbocycles. The van der Waals surface area contributed by atoms with E-state index in [0.29, 0.717) is 5.92 Å². The molecule has 0 saturated heterocycles. The van der Waals surface area contributed by atoms with Gasteiger partial charge in [-0.25, -0.2) is 0 Å². The van der Waals surface area contributed by atoms with E-state index in [2.05, 4.69) is 88.4 Å². The Morgan fingerprint density at radius 2 is 1.40 bits per heavy atom. The number of nitrogens with two attached hydrogens (primary N) is 1. The fourth-order valence-electron chi connectivity index (χ4n) is 4.24. The van der Waals surface area contributed by atoms with Gasteiger partial charge < -0.3 is 5.73 Å². The summed E-state index contributed by atoms with van der Waals surface area (Å²) < 4.78 is 0. The van der Waals surface area contributed by atoms with E-state index in [1.165, 1.54) is 33.4 Å². The molecule has 0 fully saturated rings. The Hall–Kier alpha value is -2.54. The second-order valence-electron chi connectivity index (χ2n) is 7.90. The van der Waals surface area contributed by atoms with E-state index in [4.69, 9.17) is 5.73 Å².